The van der Waals surface area contributed by atoms with Gasteiger partial charge in [-0.05, 0) is 46.5 Å². The highest BCUT2D eigenvalue weighted by Crippen LogP contribution is 2.72. The first-order chi connectivity index (χ1) is 21.2. The highest BCUT2D eigenvalue weighted by Gasteiger charge is 2.79. The topological polar surface area (TPSA) is 70.1 Å². The Morgan fingerprint density at radius 2 is 1.14 bits per heavy atom. The molecule has 2 saturated heterocycles. The van der Waals surface area contributed by atoms with Crippen LogP contribution in [0, 0.1) is 5.92 Å². The van der Waals surface area contributed by atoms with Gasteiger partial charge in [0.15, 0.2) is 0 Å². The summed E-state index contributed by atoms with van der Waals surface area (Å²) in [5.41, 5.74) is 9.01. The fraction of sp³-hybridized carbons (Fsp3) is 0.111. The first-order valence-electron chi connectivity index (χ1n) is 14.4. The summed E-state index contributed by atoms with van der Waals surface area (Å²) in [6, 6.07) is 44.4. The van der Waals surface area contributed by atoms with Crippen LogP contribution in [0.5, 0.6) is 0 Å². The lowest BCUT2D eigenvalue weighted by atomic mass is 9.63. The van der Waals surface area contributed by atoms with Crippen LogP contribution in [-0.2, 0) is 20.8 Å². The predicted octanol–water partition coefficient (Wildman–Crippen LogP) is 6.89. The van der Waals surface area contributed by atoms with Gasteiger partial charge in [0, 0.05) is 17.8 Å². The van der Waals surface area contributed by atoms with Gasteiger partial charge in [-0.3, -0.25) is 9.59 Å². The summed E-state index contributed by atoms with van der Waals surface area (Å²) >= 11 is 0. The number of carbonyl (C=O) groups is 2. The SMILES string of the molecule is O=C1[C@@H]2[C@H](C(=O)N1c1ccccc1)[C@@]13N=[N+](c4ccccc4)[N-][C@@]1(c1ccccc1-c1ccccc13)N2c1ccccc1. The lowest BCUT2D eigenvalue weighted by Gasteiger charge is -2.51. The van der Waals surface area contributed by atoms with Crippen LogP contribution >= 0.6 is 0 Å². The maximum Gasteiger partial charge on any atom is 0.257 e. The van der Waals surface area contributed by atoms with Gasteiger partial charge >= 0.3 is 0 Å². The van der Waals surface area contributed by atoms with E-state index in [0.717, 1.165) is 33.6 Å². The van der Waals surface area contributed by atoms with E-state index in [1.165, 1.54) is 4.90 Å². The Labute approximate surface area is 248 Å². The van der Waals surface area contributed by atoms with Crippen molar-refractivity contribution < 1.29 is 14.4 Å². The summed E-state index contributed by atoms with van der Waals surface area (Å²) in [5, 5.41) is 5.46. The number of anilines is 2. The zero-order valence-corrected chi connectivity index (χ0v) is 23.0. The number of amides is 2. The third-order valence-corrected chi connectivity index (χ3v) is 9.34. The quantitative estimate of drug-likeness (QED) is 0.179. The maximum absolute atomic E-state index is 14.9. The number of para-hydroxylation sites is 3. The summed E-state index contributed by atoms with van der Waals surface area (Å²) in [6.45, 7) is 0. The molecular formula is C36H25N5O2. The lowest BCUT2D eigenvalue weighted by Crippen LogP contribution is -2.57. The number of nitrogens with zero attached hydrogens (tertiary/aromatic N) is 5. The molecule has 2 amide bonds. The van der Waals surface area contributed by atoms with Crippen molar-refractivity contribution >= 4 is 28.9 Å². The van der Waals surface area contributed by atoms with Crippen molar-refractivity contribution in [2.45, 2.75) is 17.2 Å². The van der Waals surface area contributed by atoms with E-state index in [-0.39, 0.29) is 11.8 Å². The summed E-state index contributed by atoms with van der Waals surface area (Å²) in [7, 11) is 0. The summed E-state index contributed by atoms with van der Waals surface area (Å²) in [5.74, 6) is -1.38. The molecule has 1 aliphatic carbocycles. The van der Waals surface area contributed by atoms with Crippen LogP contribution < -0.4 is 9.80 Å². The number of imide groups is 1. The smallest absolute Gasteiger partial charge is 0.257 e. The molecule has 206 valence electrons. The van der Waals surface area contributed by atoms with Gasteiger partial charge in [0.2, 0.25) is 11.6 Å². The third-order valence-electron chi connectivity index (χ3n) is 9.34. The molecule has 43 heavy (non-hydrogen) atoms. The molecule has 7 nitrogen and oxygen atoms in total. The Morgan fingerprint density at radius 3 is 1.81 bits per heavy atom. The van der Waals surface area contributed by atoms with Crippen LogP contribution in [0.4, 0.5) is 17.1 Å². The molecule has 0 N–H and O–H groups in total. The van der Waals surface area contributed by atoms with E-state index < -0.39 is 23.2 Å². The standard InChI is InChI=1S/C36H25N5O2/c42-33-31-32(34(43)39(33)24-14-4-1-5-15-24)40(25-16-6-2-7-17-25)36-30-23-13-11-21-28(30)27-20-10-12-22-29(27)35(31,36)37-41(38-36)26-18-8-3-9-19-26/h1-23,31-32H/t31-,32+,35-,36+/m1/s1. The van der Waals surface area contributed by atoms with Crippen LogP contribution in [0.3, 0.4) is 0 Å². The fourth-order valence-corrected chi connectivity index (χ4v) is 7.81. The molecule has 5 aromatic rings. The molecule has 0 radical (unpaired) electrons. The van der Waals surface area contributed by atoms with E-state index >= 15 is 0 Å². The number of rotatable bonds is 3. The van der Waals surface area contributed by atoms with E-state index in [4.69, 9.17) is 10.5 Å². The molecule has 5 aromatic carbocycles. The molecular weight excluding hydrogens is 534 g/mol. The van der Waals surface area contributed by atoms with Crippen molar-refractivity contribution in [2.75, 3.05) is 9.80 Å². The predicted molar refractivity (Wildman–Crippen MR) is 163 cm³/mol. The van der Waals surface area contributed by atoms with Crippen molar-refractivity contribution in [1.29, 1.82) is 0 Å². The molecule has 0 bridgehead atoms. The number of hydrogen-bond donors (Lipinski definition) is 0. The van der Waals surface area contributed by atoms with Crippen molar-refractivity contribution in [3.8, 4) is 11.1 Å². The number of hydrogen-bond acceptors (Lipinski definition) is 4. The molecule has 9 rings (SSSR count). The Morgan fingerprint density at radius 1 is 0.605 bits per heavy atom. The van der Waals surface area contributed by atoms with Crippen LogP contribution in [-0.4, -0.2) is 22.7 Å². The van der Waals surface area contributed by atoms with E-state index in [2.05, 4.69) is 29.2 Å². The fourth-order valence-electron chi connectivity index (χ4n) is 7.81. The minimum Gasteiger partial charge on any atom is -0.343 e. The van der Waals surface area contributed by atoms with Crippen LogP contribution in [0.25, 0.3) is 16.6 Å². The number of benzene rings is 5. The maximum atomic E-state index is 14.9. The minimum atomic E-state index is -1.23. The average Bonchev–Trinajstić information content (AvgIpc) is 3.65. The van der Waals surface area contributed by atoms with Gasteiger partial charge < -0.3 is 4.90 Å². The van der Waals surface area contributed by atoms with E-state index in [1.54, 1.807) is 4.81 Å². The Balaban J connectivity index is 1.42. The van der Waals surface area contributed by atoms with Crippen LogP contribution in [0.1, 0.15) is 11.1 Å². The zero-order chi connectivity index (χ0) is 28.8. The van der Waals surface area contributed by atoms with Crippen LogP contribution in [0.15, 0.2) is 145 Å². The van der Waals surface area contributed by atoms with E-state index in [1.807, 2.05) is 115 Å². The first kappa shape index (κ1) is 24.1. The largest absolute Gasteiger partial charge is 0.343 e. The monoisotopic (exact) mass is 559 g/mol. The minimum absolute atomic E-state index is 0.271. The first-order valence-corrected chi connectivity index (χ1v) is 14.4. The van der Waals surface area contributed by atoms with Gasteiger partial charge in [-0.15, -0.1) is 4.81 Å². The Hall–Kier alpha value is -5.56. The van der Waals surface area contributed by atoms with E-state index in [9.17, 15) is 9.59 Å². The number of fused-ring (bicyclic) bond motifs is 4. The van der Waals surface area contributed by atoms with Gasteiger partial charge in [0.25, 0.3) is 5.91 Å². The highest BCUT2D eigenvalue weighted by molar-refractivity contribution is 6.26. The van der Waals surface area contributed by atoms with Crippen molar-refractivity contribution in [3.63, 3.8) is 0 Å². The van der Waals surface area contributed by atoms with Crippen LogP contribution in [0.2, 0.25) is 0 Å². The van der Waals surface area contributed by atoms with Crippen molar-refractivity contribution in [1.82, 2.24) is 0 Å². The molecule has 0 saturated carbocycles. The highest BCUT2D eigenvalue weighted by atomic mass is 16.2. The normalized spacial score (nSPS) is 26.2. The molecule has 2 fully saturated rings. The Bertz CT molecular complexity index is 1980. The Kier molecular flexibility index (Phi) is 4.75. The molecule has 3 aliphatic heterocycles. The second kappa shape index (κ2) is 8.49. The van der Waals surface area contributed by atoms with Crippen molar-refractivity contribution in [3.05, 3.63) is 156 Å². The summed E-state index contributed by atoms with van der Waals surface area (Å²) < 4.78 is 0. The molecule has 0 aromatic heterocycles. The summed E-state index contributed by atoms with van der Waals surface area (Å²) in [6.07, 6.45) is 0. The molecule has 0 spiro atoms. The molecule has 7 heteroatoms. The second-order valence-corrected chi connectivity index (χ2v) is 11.3. The number of azo groups is 1. The van der Waals surface area contributed by atoms with Gasteiger partial charge in [0.05, 0.1) is 11.6 Å². The zero-order valence-electron chi connectivity index (χ0n) is 23.0. The van der Waals surface area contributed by atoms with E-state index in [0.29, 0.717) is 5.69 Å². The van der Waals surface area contributed by atoms with Gasteiger partial charge in [-0.2, -0.15) is 10.5 Å². The molecule has 4 aliphatic rings. The molecule has 4 atom stereocenters. The lowest BCUT2D eigenvalue weighted by molar-refractivity contribution is -0.458. The average molecular weight is 560 g/mol. The molecule has 3 heterocycles. The third kappa shape index (κ3) is 2.84. The number of carbonyl (C=O) groups excluding carboxylic acids is 2. The van der Waals surface area contributed by atoms with Gasteiger partial charge in [-0.25, -0.2) is 4.90 Å². The van der Waals surface area contributed by atoms with Gasteiger partial charge in [0.1, 0.15) is 17.2 Å². The van der Waals surface area contributed by atoms with Crippen molar-refractivity contribution in [2.24, 2.45) is 11.0 Å². The molecule has 0 unspecified atom stereocenters. The van der Waals surface area contributed by atoms with Gasteiger partial charge in [-0.1, -0.05) is 103 Å². The summed E-state index contributed by atoms with van der Waals surface area (Å²) in [4.78, 5) is 34.7. The second-order valence-electron chi connectivity index (χ2n) is 11.3.